The largest absolute Gasteiger partial charge is 0.314 e. The van der Waals surface area contributed by atoms with Crippen molar-refractivity contribution in [2.24, 2.45) is 5.92 Å². The number of hydrogen-bond acceptors (Lipinski definition) is 1. The van der Waals surface area contributed by atoms with Crippen LogP contribution in [0.15, 0.2) is 22.7 Å². The van der Waals surface area contributed by atoms with E-state index < -0.39 is 0 Å². The molecule has 0 amide bonds. The highest BCUT2D eigenvalue weighted by molar-refractivity contribution is 9.10. The Bertz CT molecular complexity index is 345. The number of hydrogen-bond donors (Lipinski definition) is 1. The number of benzene rings is 1. The Balaban J connectivity index is 2.68. The van der Waals surface area contributed by atoms with Gasteiger partial charge in [-0.25, -0.2) is 4.39 Å². The smallest absolute Gasteiger partial charge is 0.124 e. The van der Waals surface area contributed by atoms with Crippen LogP contribution in [0.4, 0.5) is 4.39 Å². The highest BCUT2D eigenvalue weighted by Crippen LogP contribution is 2.18. The van der Waals surface area contributed by atoms with E-state index in [4.69, 9.17) is 0 Å². The lowest BCUT2D eigenvalue weighted by molar-refractivity contribution is 0.416. The van der Waals surface area contributed by atoms with Gasteiger partial charge in [-0.1, -0.05) is 36.7 Å². The Morgan fingerprint density at radius 2 is 2.00 bits per heavy atom. The molecule has 0 radical (unpaired) electrons. The van der Waals surface area contributed by atoms with E-state index >= 15 is 0 Å². The topological polar surface area (TPSA) is 12.0 Å². The van der Waals surface area contributed by atoms with Crippen LogP contribution in [-0.4, -0.2) is 12.6 Å². The van der Waals surface area contributed by atoms with E-state index in [1.165, 1.54) is 6.07 Å². The van der Waals surface area contributed by atoms with Gasteiger partial charge in [0.25, 0.3) is 0 Å². The van der Waals surface area contributed by atoms with Crippen LogP contribution in [0.5, 0.6) is 0 Å². The summed E-state index contributed by atoms with van der Waals surface area (Å²) in [6.07, 6.45) is 3.13. The summed E-state index contributed by atoms with van der Waals surface area (Å²) in [5, 5.41) is 3.55. The van der Waals surface area contributed by atoms with E-state index in [-0.39, 0.29) is 5.82 Å². The molecule has 0 aromatic heterocycles. The summed E-state index contributed by atoms with van der Waals surface area (Å²) in [7, 11) is 0. The van der Waals surface area contributed by atoms with E-state index in [1.54, 1.807) is 6.07 Å². The minimum absolute atomic E-state index is 0.168. The molecular weight excluding hydrogens is 293 g/mol. The van der Waals surface area contributed by atoms with Gasteiger partial charge in [-0.05, 0) is 55.5 Å². The molecule has 0 saturated heterocycles. The highest BCUT2D eigenvalue weighted by atomic mass is 79.9. The average molecular weight is 316 g/mol. The highest BCUT2D eigenvalue weighted by Gasteiger charge is 2.11. The second-order valence-electron chi connectivity index (χ2n) is 5.26. The summed E-state index contributed by atoms with van der Waals surface area (Å²) in [5.41, 5.74) is 1.05. The van der Waals surface area contributed by atoms with E-state index in [0.717, 1.165) is 35.8 Å². The van der Waals surface area contributed by atoms with Gasteiger partial charge in [-0.3, -0.25) is 0 Å². The molecular formula is C15H23BrFN. The average Bonchev–Trinajstić information content (AvgIpc) is 2.23. The molecule has 0 spiro atoms. The number of rotatable bonds is 7. The predicted octanol–water partition coefficient (Wildman–Crippen LogP) is 4.55. The molecule has 0 aliphatic carbocycles. The normalized spacial score (nSPS) is 13.0. The molecule has 1 aromatic carbocycles. The van der Waals surface area contributed by atoms with Gasteiger partial charge in [-0.2, -0.15) is 0 Å². The maximum absolute atomic E-state index is 13.3. The zero-order valence-electron chi connectivity index (χ0n) is 11.5. The molecule has 0 saturated carbocycles. The minimum atomic E-state index is -0.168. The zero-order chi connectivity index (χ0) is 13.5. The fraction of sp³-hybridized carbons (Fsp3) is 0.600. The Labute approximate surface area is 118 Å². The van der Waals surface area contributed by atoms with Crippen LogP contribution in [-0.2, 0) is 6.42 Å². The maximum Gasteiger partial charge on any atom is 0.124 e. The summed E-state index contributed by atoms with van der Waals surface area (Å²) in [5.74, 6) is 0.481. The number of nitrogens with one attached hydrogen (secondary N) is 1. The molecule has 102 valence electrons. The quantitative estimate of drug-likeness (QED) is 0.778. The Kier molecular flexibility index (Phi) is 6.87. The fourth-order valence-electron chi connectivity index (χ4n) is 2.17. The second kappa shape index (κ2) is 7.90. The van der Waals surface area contributed by atoms with Crippen LogP contribution in [0.1, 0.15) is 39.2 Å². The van der Waals surface area contributed by atoms with Gasteiger partial charge in [0.15, 0.2) is 0 Å². The maximum atomic E-state index is 13.3. The third-order valence-corrected chi connectivity index (χ3v) is 3.30. The molecule has 3 heteroatoms. The van der Waals surface area contributed by atoms with Crippen molar-refractivity contribution in [3.05, 3.63) is 34.1 Å². The minimum Gasteiger partial charge on any atom is -0.314 e. The van der Waals surface area contributed by atoms with Crippen molar-refractivity contribution < 1.29 is 4.39 Å². The monoisotopic (exact) mass is 315 g/mol. The van der Waals surface area contributed by atoms with Gasteiger partial charge in [0.1, 0.15) is 5.82 Å². The van der Waals surface area contributed by atoms with E-state index in [1.807, 2.05) is 6.07 Å². The lowest BCUT2D eigenvalue weighted by atomic mass is 9.97. The first-order valence-corrected chi connectivity index (χ1v) is 7.49. The summed E-state index contributed by atoms with van der Waals surface area (Å²) in [6, 6.07) is 5.56. The van der Waals surface area contributed by atoms with Crippen LogP contribution < -0.4 is 5.32 Å². The van der Waals surface area contributed by atoms with Crippen molar-refractivity contribution in [3.63, 3.8) is 0 Å². The van der Waals surface area contributed by atoms with Crippen LogP contribution >= 0.6 is 15.9 Å². The molecule has 1 nitrogen and oxygen atoms in total. The van der Waals surface area contributed by atoms with E-state index in [2.05, 4.69) is 42.0 Å². The Morgan fingerprint density at radius 3 is 2.56 bits per heavy atom. The van der Waals surface area contributed by atoms with Crippen molar-refractivity contribution in [1.82, 2.24) is 5.32 Å². The lowest BCUT2D eigenvalue weighted by Gasteiger charge is -2.20. The molecule has 0 aliphatic rings. The predicted molar refractivity (Wildman–Crippen MR) is 79.3 cm³/mol. The SMILES string of the molecule is CCCNC(Cc1cc(F)cc(Br)c1)CC(C)C. The summed E-state index contributed by atoms with van der Waals surface area (Å²) in [4.78, 5) is 0. The van der Waals surface area contributed by atoms with E-state index in [0.29, 0.717) is 12.0 Å². The van der Waals surface area contributed by atoms with Gasteiger partial charge in [0.2, 0.25) is 0 Å². The van der Waals surface area contributed by atoms with Gasteiger partial charge in [0.05, 0.1) is 0 Å². The molecule has 1 atom stereocenters. The second-order valence-corrected chi connectivity index (χ2v) is 6.18. The molecule has 0 bridgehead atoms. The fourth-order valence-corrected chi connectivity index (χ4v) is 2.68. The summed E-state index contributed by atoms with van der Waals surface area (Å²) in [6.45, 7) is 7.64. The lowest BCUT2D eigenvalue weighted by Crippen LogP contribution is -2.33. The molecule has 1 unspecified atom stereocenters. The zero-order valence-corrected chi connectivity index (χ0v) is 13.1. The molecule has 0 fully saturated rings. The summed E-state index contributed by atoms with van der Waals surface area (Å²) < 4.78 is 14.2. The van der Waals surface area contributed by atoms with Crippen molar-refractivity contribution in [2.75, 3.05) is 6.54 Å². The van der Waals surface area contributed by atoms with Gasteiger partial charge >= 0.3 is 0 Å². The van der Waals surface area contributed by atoms with Crippen LogP contribution in [0.25, 0.3) is 0 Å². The van der Waals surface area contributed by atoms with Crippen LogP contribution in [0.2, 0.25) is 0 Å². The molecule has 18 heavy (non-hydrogen) atoms. The van der Waals surface area contributed by atoms with Crippen molar-refractivity contribution in [3.8, 4) is 0 Å². The van der Waals surface area contributed by atoms with Crippen LogP contribution in [0.3, 0.4) is 0 Å². The molecule has 1 aromatic rings. The van der Waals surface area contributed by atoms with Gasteiger partial charge in [0, 0.05) is 10.5 Å². The van der Waals surface area contributed by atoms with Crippen molar-refractivity contribution in [1.29, 1.82) is 0 Å². The standard InChI is InChI=1S/C15H23BrFN/c1-4-5-18-15(6-11(2)3)9-12-7-13(16)10-14(17)8-12/h7-8,10-11,15,18H,4-6,9H2,1-3H3. The first kappa shape index (κ1) is 15.6. The first-order valence-electron chi connectivity index (χ1n) is 6.69. The Morgan fingerprint density at radius 1 is 1.28 bits per heavy atom. The van der Waals surface area contributed by atoms with Gasteiger partial charge in [-0.15, -0.1) is 0 Å². The van der Waals surface area contributed by atoms with Crippen molar-refractivity contribution >= 4 is 15.9 Å². The first-order chi connectivity index (χ1) is 8.51. The molecule has 1 N–H and O–H groups in total. The van der Waals surface area contributed by atoms with Crippen LogP contribution in [0, 0.1) is 11.7 Å². The molecule has 0 aliphatic heterocycles. The molecule has 1 rings (SSSR count). The van der Waals surface area contributed by atoms with E-state index in [9.17, 15) is 4.39 Å². The third kappa shape index (κ3) is 5.96. The molecule has 0 heterocycles. The number of halogens is 2. The van der Waals surface area contributed by atoms with Crippen molar-refractivity contribution in [2.45, 2.75) is 46.1 Å². The van der Waals surface area contributed by atoms with Gasteiger partial charge < -0.3 is 5.32 Å². The Hall–Kier alpha value is -0.410. The summed E-state index contributed by atoms with van der Waals surface area (Å²) >= 11 is 3.35. The third-order valence-electron chi connectivity index (χ3n) is 2.84.